The van der Waals surface area contributed by atoms with Crippen LogP contribution in [0, 0.1) is 0 Å². The smallest absolute Gasteiger partial charge is 0.277 e. The van der Waals surface area contributed by atoms with Gasteiger partial charge in [0.15, 0.2) is 5.69 Å². The van der Waals surface area contributed by atoms with Crippen LogP contribution in [0.3, 0.4) is 0 Å². The number of carbonyl (C=O) groups is 1. The van der Waals surface area contributed by atoms with E-state index < -0.39 is 0 Å². The minimum absolute atomic E-state index is 0.115. The molecule has 1 amide bonds. The second-order valence-electron chi connectivity index (χ2n) is 6.36. The van der Waals surface area contributed by atoms with E-state index in [4.69, 9.17) is 4.74 Å². The third kappa shape index (κ3) is 3.10. The van der Waals surface area contributed by atoms with Crippen molar-refractivity contribution in [2.24, 2.45) is 4.99 Å². The number of amides is 1. The molecule has 1 unspecified atom stereocenters. The van der Waals surface area contributed by atoms with Crippen LogP contribution in [0.2, 0.25) is 0 Å². The monoisotopic (exact) mass is 333 g/mol. The number of rotatable bonds is 4. The number of hydrogen-bond donors (Lipinski definition) is 0. The van der Waals surface area contributed by atoms with Crippen molar-refractivity contribution in [3.8, 4) is 0 Å². The van der Waals surface area contributed by atoms with Crippen molar-refractivity contribution in [2.75, 3.05) is 20.3 Å². The number of ether oxygens (including phenoxy) is 1. The first kappa shape index (κ1) is 16.7. The van der Waals surface area contributed by atoms with Crippen LogP contribution in [0.25, 0.3) is 0 Å². The third-order valence-corrected chi connectivity index (χ3v) is 6.10. The Kier molecular flexibility index (Phi) is 5.19. The van der Waals surface area contributed by atoms with Gasteiger partial charge in [0.1, 0.15) is 12.6 Å². The molecule has 0 bridgehead atoms. The predicted molar refractivity (Wildman–Crippen MR) is 95.8 cm³/mol. The molecule has 0 aromatic heterocycles. The highest BCUT2D eigenvalue weighted by Gasteiger charge is 2.51. The SMILES string of the molecule is COCC[N+]1(C2CCCCC2)C(=NC(C)=O)Sc2ccccc21. The van der Waals surface area contributed by atoms with Crippen molar-refractivity contribution in [1.29, 1.82) is 0 Å². The zero-order valence-corrected chi connectivity index (χ0v) is 14.8. The van der Waals surface area contributed by atoms with Gasteiger partial charge in [-0.3, -0.25) is 4.79 Å². The molecule has 1 saturated carbocycles. The Balaban J connectivity index is 2.12. The van der Waals surface area contributed by atoms with Crippen molar-refractivity contribution >= 4 is 28.5 Å². The van der Waals surface area contributed by atoms with Gasteiger partial charge in [0, 0.05) is 32.9 Å². The first-order valence-electron chi connectivity index (χ1n) is 8.42. The number of fused-ring (bicyclic) bond motifs is 1. The van der Waals surface area contributed by atoms with E-state index in [-0.39, 0.29) is 5.91 Å². The van der Waals surface area contributed by atoms with E-state index in [1.54, 1.807) is 25.8 Å². The normalized spacial score (nSPS) is 26.4. The number of para-hydroxylation sites is 1. The number of aliphatic imine (C=N–C) groups is 1. The molecule has 23 heavy (non-hydrogen) atoms. The Bertz CT molecular complexity index is 611. The van der Waals surface area contributed by atoms with Crippen molar-refractivity contribution in [2.45, 2.75) is 50.0 Å². The summed E-state index contributed by atoms with van der Waals surface area (Å²) in [5, 5.41) is 0.933. The lowest BCUT2D eigenvalue weighted by Crippen LogP contribution is -2.60. The number of thioether (sulfide) groups is 1. The van der Waals surface area contributed by atoms with E-state index >= 15 is 0 Å². The molecule has 1 atom stereocenters. The molecule has 0 radical (unpaired) electrons. The van der Waals surface area contributed by atoms with Crippen LogP contribution in [0.4, 0.5) is 5.69 Å². The highest BCUT2D eigenvalue weighted by Crippen LogP contribution is 2.49. The third-order valence-electron chi connectivity index (χ3n) is 4.94. The molecule has 4 nitrogen and oxygen atoms in total. The molecule has 3 rings (SSSR count). The van der Waals surface area contributed by atoms with Crippen LogP contribution < -0.4 is 4.48 Å². The molecule has 124 valence electrons. The molecule has 1 aliphatic carbocycles. The topological polar surface area (TPSA) is 38.7 Å². The molecule has 1 aliphatic heterocycles. The zero-order chi connectivity index (χ0) is 16.3. The molecule has 1 heterocycles. The average Bonchev–Trinajstić information content (AvgIpc) is 2.87. The van der Waals surface area contributed by atoms with Gasteiger partial charge in [-0.2, -0.15) is 4.99 Å². The Morgan fingerprint density at radius 2 is 2.04 bits per heavy atom. The lowest BCUT2D eigenvalue weighted by molar-refractivity contribution is -0.115. The number of quaternary nitrogens is 1. The average molecular weight is 333 g/mol. The fourth-order valence-electron chi connectivity index (χ4n) is 3.91. The van der Waals surface area contributed by atoms with Crippen LogP contribution >= 0.6 is 11.8 Å². The van der Waals surface area contributed by atoms with Gasteiger partial charge in [-0.15, -0.1) is 0 Å². The summed E-state index contributed by atoms with van der Waals surface area (Å²) in [5.41, 5.74) is 1.29. The summed E-state index contributed by atoms with van der Waals surface area (Å²) in [4.78, 5) is 17.4. The van der Waals surface area contributed by atoms with Crippen LogP contribution in [0.5, 0.6) is 0 Å². The summed E-state index contributed by atoms with van der Waals surface area (Å²) in [6.07, 6.45) is 6.22. The second kappa shape index (κ2) is 7.16. The van der Waals surface area contributed by atoms with E-state index in [1.165, 1.54) is 42.7 Å². The molecule has 2 aliphatic rings. The van der Waals surface area contributed by atoms with Crippen molar-refractivity contribution in [3.05, 3.63) is 24.3 Å². The number of amidine groups is 1. The Hall–Kier alpha value is -1.17. The Labute approximate surface area is 142 Å². The van der Waals surface area contributed by atoms with E-state index in [0.717, 1.165) is 11.7 Å². The van der Waals surface area contributed by atoms with E-state index in [9.17, 15) is 4.79 Å². The van der Waals surface area contributed by atoms with Crippen molar-refractivity contribution in [3.63, 3.8) is 0 Å². The summed E-state index contributed by atoms with van der Waals surface area (Å²) in [6.45, 7) is 3.06. The van der Waals surface area contributed by atoms with Crippen LogP contribution in [0.1, 0.15) is 39.0 Å². The molecular weight excluding hydrogens is 308 g/mol. The largest absolute Gasteiger partial charge is 0.379 e. The first-order valence-corrected chi connectivity index (χ1v) is 9.24. The molecule has 1 aromatic rings. The molecule has 1 fully saturated rings. The summed E-state index contributed by atoms with van der Waals surface area (Å²) < 4.78 is 6.13. The lowest BCUT2D eigenvalue weighted by Gasteiger charge is -2.42. The van der Waals surface area contributed by atoms with Crippen LogP contribution in [-0.2, 0) is 9.53 Å². The zero-order valence-electron chi connectivity index (χ0n) is 14.0. The quantitative estimate of drug-likeness (QED) is 0.782. The number of hydrogen-bond acceptors (Lipinski definition) is 3. The van der Waals surface area contributed by atoms with Gasteiger partial charge < -0.3 is 4.74 Å². The maximum Gasteiger partial charge on any atom is 0.277 e. The van der Waals surface area contributed by atoms with Crippen LogP contribution in [-0.4, -0.2) is 37.4 Å². The van der Waals surface area contributed by atoms with E-state index in [1.807, 2.05) is 0 Å². The van der Waals surface area contributed by atoms with E-state index in [0.29, 0.717) is 17.1 Å². The first-order chi connectivity index (χ1) is 11.2. The highest BCUT2D eigenvalue weighted by atomic mass is 32.2. The predicted octanol–water partition coefficient (Wildman–Crippen LogP) is 3.98. The molecule has 0 saturated heterocycles. The fraction of sp³-hybridized carbons (Fsp3) is 0.556. The molecule has 1 aromatic carbocycles. The summed E-state index contributed by atoms with van der Waals surface area (Å²) >= 11 is 1.66. The van der Waals surface area contributed by atoms with Gasteiger partial charge in [0.25, 0.3) is 5.17 Å². The minimum Gasteiger partial charge on any atom is -0.379 e. The lowest BCUT2D eigenvalue weighted by atomic mass is 9.92. The number of carbonyl (C=O) groups excluding carboxylic acids is 1. The molecule has 5 heteroatoms. The summed E-state index contributed by atoms with van der Waals surface area (Å²) in [7, 11) is 1.74. The Morgan fingerprint density at radius 3 is 2.74 bits per heavy atom. The molecular formula is C18H25N2O2S+. The van der Waals surface area contributed by atoms with Gasteiger partial charge in [0.2, 0.25) is 5.91 Å². The van der Waals surface area contributed by atoms with Gasteiger partial charge in [0.05, 0.1) is 11.5 Å². The van der Waals surface area contributed by atoms with Gasteiger partial charge in [-0.05, 0) is 30.7 Å². The maximum absolute atomic E-state index is 11.8. The minimum atomic E-state index is -0.115. The maximum atomic E-state index is 11.8. The molecule has 0 spiro atoms. The van der Waals surface area contributed by atoms with Crippen molar-refractivity contribution < 1.29 is 9.53 Å². The fourth-order valence-corrected chi connectivity index (χ4v) is 5.27. The van der Waals surface area contributed by atoms with Crippen molar-refractivity contribution in [1.82, 2.24) is 4.48 Å². The van der Waals surface area contributed by atoms with E-state index in [2.05, 4.69) is 29.3 Å². The van der Waals surface area contributed by atoms with Gasteiger partial charge in [-0.1, -0.05) is 18.6 Å². The highest BCUT2D eigenvalue weighted by molar-refractivity contribution is 8.14. The summed E-state index contributed by atoms with van der Waals surface area (Å²) in [6, 6.07) is 9.00. The Morgan fingerprint density at radius 1 is 1.30 bits per heavy atom. The second-order valence-corrected chi connectivity index (χ2v) is 7.37. The summed E-state index contributed by atoms with van der Waals surface area (Å²) in [5.74, 6) is -0.115. The van der Waals surface area contributed by atoms with Gasteiger partial charge >= 0.3 is 0 Å². The molecule has 0 N–H and O–H groups in total. The van der Waals surface area contributed by atoms with Gasteiger partial charge in [-0.25, -0.2) is 4.48 Å². The number of methoxy groups -OCH3 is 1. The number of benzene rings is 1. The van der Waals surface area contributed by atoms with Crippen LogP contribution in [0.15, 0.2) is 34.2 Å². The number of nitrogens with zero attached hydrogens (tertiary/aromatic N) is 2. The standard InChI is InChI=1S/C18H25N2O2S/c1-14(21)19-18-20(12-13-22-2,15-8-4-3-5-9-15)16-10-6-7-11-17(16)23-18/h6-7,10-11,15H,3-5,8-9,12-13H2,1-2H3/q+1.